The standard InChI is InChI=1S/C23H23FN4O3S/c1-15-21(32-23(25-15)26-18-5-3-17(24)4-6-18)22(29)28-10-8-27(9-11-28)13-16-2-7-19-20(12-16)31-14-30-19/h2-7,12H,8-11,13-14H2,1H3,(H,25,26). The van der Waals surface area contributed by atoms with Crippen molar-refractivity contribution in [2.24, 2.45) is 0 Å². The second-order valence-corrected chi connectivity index (χ2v) is 8.82. The molecule has 0 aliphatic carbocycles. The van der Waals surface area contributed by atoms with Crippen molar-refractivity contribution in [3.05, 3.63) is 64.4 Å². The number of fused-ring (bicyclic) bond motifs is 1. The molecule has 0 atom stereocenters. The molecular weight excluding hydrogens is 431 g/mol. The number of rotatable bonds is 5. The first kappa shape index (κ1) is 20.7. The summed E-state index contributed by atoms with van der Waals surface area (Å²) in [6.07, 6.45) is 0. The Labute approximate surface area is 189 Å². The van der Waals surface area contributed by atoms with Crippen molar-refractivity contribution in [3.8, 4) is 11.5 Å². The average molecular weight is 455 g/mol. The highest BCUT2D eigenvalue weighted by atomic mass is 32.1. The molecule has 3 heterocycles. The number of anilines is 2. The van der Waals surface area contributed by atoms with Crippen LogP contribution in [0.2, 0.25) is 0 Å². The van der Waals surface area contributed by atoms with Crippen LogP contribution in [0.1, 0.15) is 20.9 Å². The molecule has 1 saturated heterocycles. The lowest BCUT2D eigenvalue weighted by Crippen LogP contribution is -2.48. The first-order valence-corrected chi connectivity index (χ1v) is 11.3. The van der Waals surface area contributed by atoms with Gasteiger partial charge in [-0.3, -0.25) is 9.69 Å². The third-order valence-corrected chi connectivity index (χ3v) is 6.65. The summed E-state index contributed by atoms with van der Waals surface area (Å²) in [5.41, 5.74) is 2.60. The van der Waals surface area contributed by atoms with Gasteiger partial charge in [-0.25, -0.2) is 9.37 Å². The van der Waals surface area contributed by atoms with Crippen LogP contribution in [-0.2, 0) is 6.54 Å². The van der Waals surface area contributed by atoms with Crippen LogP contribution in [0.5, 0.6) is 11.5 Å². The highest BCUT2D eigenvalue weighted by molar-refractivity contribution is 7.17. The molecule has 0 saturated carbocycles. The number of ether oxygens (including phenoxy) is 2. The van der Waals surface area contributed by atoms with Crippen LogP contribution in [0.15, 0.2) is 42.5 Å². The Morgan fingerprint density at radius 2 is 1.84 bits per heavy atom. The Morgan fingerprint density at radius 3 is 2.62 bits per heavy atom. The second kappa shape index (κ2) is 8.76. The minimum Gasteiger partial charge on any atom is -0.454 e. The number of hydrogen-bond acceptors (Lipinski definition) is 7. The quantitative estimate of drug-likeness (QED) is 0.628. The van der Waals surface area contributed by atoms with Crippen LogP contribution in [-0.4, -0.2) is 53.7 Å². The SMILES string of the molecule is Cc1nc(Nc2ccc(F)cc2)sc1C(=O)N1CCN(Cc2ccc3c(c2)OCO3)CC1. The van der Waals surface area contributed by atoms with Gasteiger partial charge < -0.3 is 19.7 Å². The second-order valence-electron chi connectivity index (χ2n) is 7.82. The maximum Gasteiger partial charge on any atom is 0.266 e. The molecule has 2 aliphatic heterocycles. The van der Waals surface area contributed by atoms with E-state index in [4.69, 9.17) is 9.47 Å². The summed E-state index contributed by atoms with van der Waals surface area (Å²) in [5.74, 6) is 1.30. The molecule has 32 heavy (non-hydrogen) atoms. The summed E-state index contributed by atoms with van der Waals surface area (Å²) in [6.45, 7) is 5.87. The van der Waals surface area contributed by atoms with Gasteiger partial charge in [0.05, 0.1) is 5.69 Å². The van der Waals surface area contributed by atoms with E-state index in [9.17, 15) is 9.18 Å². The lowest BCUT2D eigenvalue weighted by atomic mass is 10.1. The summed E-state index contributed by atoms with van der Waals surface area (Å²) in [6, 6.07) is 12.1. The van der Waals surface area contributed by atoms with Crippen molar-refractivity contribution in [3.63, 3.8) is 0 Å². The molecule has 9 heteroatoms. The van der Waals surface area contributed by atoms with Crippen LogP contribution in [0, 0.1) is 12.7 Å². The van der Waals surface area contributed by atoms with Gasteiger partial charge in [-0.2, -0.15) is 0 Å². The Hall–Kier alpha value is -3.17. The first-order chi connectivity index (χ1) is 15.5. The summed E-state index contributed by atoms with van der Waals surface area (Å²) in [7, 11) is 0. The lowest BCUT2D eigenvalue weighted by Gasteiger charge is -2.34. The summed E-state index contributed by atoms with van der Waals surface area (Å²) in [5, 5.41) is 3.77. The highest BCUT2D eigenvalue weighted by Gasteiger charge is 2.26. The molecular formula is C23H23FN4O3S. The molecule has 0 unspecified atom stereocenters. The molecule has 0 spiro atoms. The number of aromatic nitrogens is 1. The highest BCUT2D eigenvalue weighted by Crippen LogP contribution is 2.33. The van der Waals surface area contributed by atoms with Crippen LogP contribution in [0.4, 0.5) is 15.2 Å². The Bertz CT molecular complexity index is 1130. The van der Waals surface area contributed by atoms with E-state index in [1.165, 1.54) is 29.0 Å². The monoisotopic (exact) mass is 454 g/mol. The van der Waals surface area contributed by atoms with Crippen molar-refractivity contribution >= 4 is 28.1 Å². The van der Waals surface area contributed by atoms with E-state index in [1.807, 2.05) is 24.0 Å². The third-order valence-electron chi connectivity index (χ3n) is 5.59. The van der Waals surface area contributed by atoms with Crippen LogP contribution < -0.4 is 14.8 Å². The Morgan fingerprint density at radius 1 is 1.09 bits per heavy atom. The van der Waals surface area contributed by atoms with E-state index in [-0.39, 0.29) is 18.5 Å². The average Bonchev–Trinajstić information content (AvgIpc) is 3.41. The summed E-state index contributed by atoms with van der Waals surface area (Å²) in [4.78, 5) is 22.4. The number of hydrogen-bond donors (Lipinski definition) is 1. The zero-order chi connectivity index (χ0) is 22.1. The fraction of sp³-hybridized carbons (Fsp3) is 0.304. The van der Waals surface area contributed by atoms with E-state index in [0.717, 1.165) is 36.8 Å². The van der Waals surface area contributed by atoms with E-state index in [1.54, 1.807) is 12.1 Å². The fourth-order valence-corrected chi connectivity index (χ4v) is 4.81. The molecule has 5 rings (SSSR count). The Balaban J connectivity index is 1.18. The van der Waals surface area contributed by atoms with Crippen molar-refractivity contribution in [1.82, 2.24) is 14.8 Å². The summed E-state index contributed by atoms with van der Waals surface area (Å²) >= 11 is 1.33. The van der Waals surface area contributed by atoms with Gasteiger partial charge in [-0.05, 0) is 48.9 Å². The molecule has 1 N–H and O–H groups in total. The molecule has 1 fully saturated rings. The van der Waals surface area contributed by atoms with E-state index < -0.39 is 0 Å². The van der Waals surface area contributed by atoms with E-state index in [2.05, 4.69) is 21.3 Å². The predicted molar refractivity (Wildman–Crippen MR) is 120 cm³/mol. The number of carbonyl (C=O) groups is 1. The minimum absolute atomic E-state index is 0.00915. The number of carbonyl (C=O) groups excluding carboxylic acids is 1. The predicted octanol–water partition coefficient (Wildman–Crippen LogP) is 4.02. The molecule has 7 nitrogen and oxygen atoms in total. The maximum absolute atomic E-state index is 13.1. The molecule has 0 radical (unpaired) electrons. The van der Waals surface area contributed by atoms with Crippen LogP contribution >= 0.6 is 11.3 Å². The van der Waals surface area contributed by atoms with Gasteiger partial charge in [-0.1, -0.05) is 17.4 Å². The third kappa shape index (κ3) is 4.39. The van der Waals surface area contributed by atoms with Crippen molar-refractivity contribution in [2.75, 3.05) is 38.3 Å². The lowest BCUT2D eigenvalue weighted by molar-refractivity contribution is 0.0632. The van der Waals surface area contributed by atoms with Gasteiger partial charge >= 0.3 is 0 Å². The number of nitrogens with one attached hydrogen (secondary N) is 1. The number of thiazole rings is 1. The summed E-state index contributed by atoms with van der Waals surface area (Å²) < 4.78 is 23.9. The molecule has 2 aromatic carbocycles. The van der Waals surface area contributed by atoms with E-state index >= 15 is 0 Å². The fourth-order valence-electron chi connectivity index (χ4n) is 3.86. The topological polar surface area (TPSA) is 66.9 Å². The maximum atomic E-state index is 13.1. The van der Waals surface area contributed by atoms with Crippen molar-refractivity contribution in [2.45, 2.75) is 13.5 Å². The number of aryl methyl sites for hydroxylation is 1. The number of benzene rings is 2. The molecule has 2 aliphatic rings. The van der Waals surface area contributed by atoms with Crippen LogP contribution in [0.25, 0.3) is 0 Å². The number of nitrogens with zero attached hydrogens (tertiary/aromatic N) is 3. The number of amides is 1. The molecule has 1 aromatic heterocycles. The molecule has 3 aromatic rings. The Kier molecular flexibility index (Phi) is 5.67. The minimum atomic E-state index is -0.292. The van der Waals surface area contributed by atoms with Crippen molar-refractivity contribution < 1.29 is 18.7 Å². The number of halogens is 1. The molecule has 166 valence electrons. The molecule has 1 amide bonds. The van der Waals surface area contributed by atoms with Gasteiger partial charge in [0.25, 0.3) is 5.91 Å². The van der Waals surface area contributed by atoms with Crippen molar-refractivity contribution in [1.29, 1.82) is 0 Å². The van der Waals surface area contributed by atoms with Gasteiger partial charge in [0.15, 0.2) is 16.6 Å². The van der Waals surface area contributed by atoms with Gasteiger partial charge in [0, 0.05) is 38.4 Å². The largest absolute Gasteiger partial charge is 0.454 e. The van der Waals surface area contributed by atoms with Gasteiger partial charge in [0.2, 0.25) is 6.79 Å². The normalized spacial score (nSPS) is 15.8. The first-order valence-electron chi connectivity index (χ1n) is 10.5. The molecule has 0 bridgehead atoms. The van der Waals surface area contributed by atoms with Gasteiger partial charge in [-0.15, -0.1) is 0 Å². The smallest absolute Gasteiger partial charge is 0.266 e. The zero-order valence-electron chi connectivity index (χ0n) is 17.6. The zero-order valence-corrected chi connectivity index (χ0v) is 18.5. The van der Waals surface area contributed by atoms with E-state index in [0.29, 0.717) is 28.8 Å². The van der Waals surface area contributed by atoms with Gasteiger partial charge in [0.1, 0.15) is 10.7 Å². The number of piperazine rings is 1. The van der Waals surface area contributed by atoms with Crippen LogP contribution in [0.3, 0.4) is 0 Å².